The molecule has 1 N–H and O–H groups in total. The lowest BCUT2D eigenvalue weighted by Gasteiger charge is -2.05. The van der Waals surface area contributed by atoms with Gasteiger partial charge in [-0.3, -0.25) is 0 Å². The van der Waals surface area contributed by atoms with E-state index < -0.39 is 12.1 Å². The standard InChI is InChI=1S/C8H12ClNO4/c1-2-7(11)13-5-6-14-8(12)10-4-3-9/h2H,1,3-6H2,(H,10,12). The molecule has 0 atom stereocenters. The van der Waals surface area contributed by atoms with Crippen molar-refractivity contribution in [3.8, 4) is 0 Å². The van der Waals surface area contributed by atoms with Gasteiger partial charge in [-0.05, 0) is 0 Å². The number of alkyl halides is 1. The van der Waals surface area contributed by atoms with E-state index in [0.29, 0.717) is 12.4 Å². The lowest BCUT2D eigenvalue weighted by molar-refractivity contribution is -0.138. The zero-order valence-electron chi connectivity index (χ0n) is 7.62. The molecule has 0 aliphatic rings. The maximum Gasteiger partial charge on any atom is 0.407 e. The Balaban J connectivity index is 3.31. The van der Waals surface area contributed by atoms with Crippen molar-refractivity contribution in [1.82, 2.24) is 5.32 Å². The van der Waals surface area contributed by atoms with Crippen LogP contribution in [-0.2, 0) is 14.3 Å². The monoisotopic (exact) mass is 221 g/mol. The number of nitrogens with one attached hydrogen (secondary N) is 1. The Hall–Kier alpha value is -1.23. The predicted octanol–water partition coefficient (Wildman–Crippen LogP) is 0.681. The first-order valence-corrected chi connectivity index (χ1v) is 4.50. The van der Waals surface area contributed by atoms with Crippen LogP contribution < -0.4 is 5.32 Å². The van der Waals surface area contributed by atoms with E-state index in [2.05, 4.69) is 21.4 Å². The molecule has 5 nitrogen and oxygen atoms in total. The third kappa shape index (κ3) is 7.42. The Morgan fingerprint density at radius 3 is 2.57 bits per heavy atom. The van der Waals surface area contributed by atoms with E-state index in [-0.39, 0.29) is 13.2 Å². The number of halogens is 1. The highest BCUT2D eigenvalue weighted by Gasteiger charge is 2.00. The largest absolute Gasteiger partial charge is 0.459 e. The molecule has 0 aromatic rings. The van der Waals surface area contributed by atoms with E-state index >= 15 is 0 Å². The van der Waals surface area contributed by atoms with Gasteiger partial charge in [-0.25, -0.2) is 9.59 Å². The minimum absolute atomic E-state index is 0.00764. The van der Waals surface area contributed by atoms with Crippen LogP contribution in [0.4, 0.5) is 4.79 Å². The molecule has 0 radical (unpaired) electrons. The molecule has 0 rings (SSSR count). The zero-order chi connectivity index (χ0) is 10.8. The number of carbonyl (C=O) groups is 2. The molecule has 0 aromatic heterocycles. The minimum Gasteiger partial charge on any atom is -0.459 e. The van der Waals surface area contributed by atoms with Crippen molar-refractivity contribution in [1.29, 1.82) is 0 Å². The number of rotatable bonds is 6. The van der Waals surface area contributed by atoms with Gasteiger partial charge in [0.15, 0.2) is 0 Å². The van der Waals surface area contributed by atoms with Gasteiger partial charge in [0.25, 0.3) is 0 Å². The number of ether oxygens (including phenoxy) is 2. The van der Waals surface area contributed by atoms with Gasteiger partial charge >= 0.3 is 12.1 Å². The summed E-state index contributed by atoms with van der Waals surface area (Å²) in [5, 5.41) is 2.38. The van der Waals surface area contributed by atoms with E-state index in [9.17, 15) is 9.59 Å². The third-order valence-corrected chi connectivity index (χ3v) is 1.28. The van der Waals surface area contributed by atoms with Gasteiger partial charge in [-0.1, -0.05) is 6.58 Å². The number of esters is 1. The molecular formula is C8H12ClNO4. The average molecular weight is 222 g/mol. The fourth-order valence-electron chi connectivity index (χ4n) is 0.536. The summed E-state index contributed by atoms with van der Waals surface area (Å²) < 4.78 is 9.18. The molecule has 0 heterocycles. The number of alkyl carbamates (subject to hydrolysis) is 1. The molecule has 0 aromatic carbocycles. The molecule has 0 saturated heterocycles. The Bertz CT molecular complexity index is 208. The molecule has 0 saturated carbocycles. The van der Waals surface area contributed by atoms with E-state index in [0.717, 1.165) is 6.08 Å². The Labute approximate surface area is 87.0 Å². The van der Waals surface area contributed by atoms with E-state index in [4.69, 9.17) is 11.6 Å². The van der Waals surface area contributed by atoms with Crippen LogP contribution in [0.2, 0.25) is 0 Å². The Morgan fingerprint density at radius 2 is 2.00 bits per heavy atom. The minimum atomic E-state index is -0.583. The van der Waals surface area contributed by atoms with Crippen molar-refractivity contribution in [2.75, 3.05) is 25.6 Å². The molecule has 0 unspecified atom stereocenters. The Kier molecular flexibility index (Phi) is 7.64. The van der Waals surface area contributed by atoms with Crippen molar-refractivity contribution in [2.45, 2.75) is 0 Å². The maximum absolute atomic E-state index is 10.8. The second-order valence-corrected chi connectivity index (χ2v) is 2.50. The van der Waals surface area contributed by atoms with Crippen LogP contribution in [0.15, 0.2) is 12.7 Å². The molecule has 80 valence electrons. The average Bonchev–Trinajstić information content (AvgIpc) is 2.21. The van der Waals surface area contributed by atoms with Crippen molar-refractivity contribution in [2.24, 2.45) is 0 Å². The van der Waals surface area contributed by atoms with Crippen molar-refractivity contribution in [3.05, 3.63) is 12.7 Å². The summed E-state index contributed by atoms with van der Waals surface area (Å²) >= 11 is 5.32. The van der Waals surface area contributed by atoms with Gasteiger partial charge in [0, 0.05) is 18.5 Å². The summed E-state index contributed by atoms with van der Waals surface area (Å²) in [5.41, 5.74) is 0. The predicted molar refractivity (Wildman–Crippen MR) is 51.2 cm³/mol. The highest BCUT2D eigenvalue weighted by Crippen LogP contribution is 1.82. The number of amides is 1. The van der Waals surface area contributed by atoms with Crippen molar-refractivity contribution < 1.29 is 19.1 Å². The van der Waals surface area contributed by atoms with Crippen LogP contribution >= 0.6 is 11.6 Å². The first-order valence-electron chi connectivity index (χ1n) is 3.96. The second kappa shape index (κ2) is 8.37. The lowest BCUT2D eigenvalue weighted by atomic mass is 10.6. The molecule has 6 heteroatoms. The van der Waals surface area contributed by atoms with Crippen LogP contribution in [0.25, 0.3) is 0 Å². The molecule has 0 fully saturated rings. The molecule has 0 aliphatic heterocycles. The quantitative estimate of drug-likeness (QED) is 0.310. The number of hydrogen-bond acceptors (Lipinski definition) is 4. The van der Waals surface area contributed by atoms with Gasteiger partial charge in [0.05, 0.1) is 0 Å². The molecular weight excluding hydrogens is 210 g/mol. The van der Waals surface area contributed by atoms with Crippen LogP contribution in [0, 0.1) is 0 Å². The summed E-state index contributed by atoms with van der Waals surface area (Å²) in [6.45, 7) is 3.57. The highest BCUT2D eigenvalue weighted by molar-refractivity contribution is 6.18. The molecule has 0 aliphatic carbocycles. The summed E-state index contributed by atoms with van der Waals surface area (Å²) in [5.74, 6) is -0.227. The zero-order valence-corrected chi connectivity index (χ0v) is 8.38. The summed E-state index contributed by atoms with van der Waals surface area (Å²) in [6, 6.07) is 0. The fourth-order valence-corrected chi connectivity index (χ4v) is 0.630. The van der Waals surface area contributed by atoms with Crippen LogP contribution in [0.3, 0.4) is 0 Å². The SMILES string of the molecule is C=CC(=O)OCCOC(=O)NCCCl. The smallest absolute Gasteiger partial charge is 0.407 e. The van der Waals surface area contributed by atoms with Crippen molar-refractivity contribution >= 4 is 23.7 Å². The second-order valence-electron chi connectivity index (χ2n) is 2.12. The highest BCUT2D eigenvalue weighted by atomic mass is 35.5. The molecule has 0 spiro atoms. The van der Waals surface area contributed by atoms with E-state index in [1.807, 2.05) is 0 Å². The third-order valence-electron chi connectivity index (χ3n) is 1.09. The van der Waals surface area contributed by atoms with E-state index in [1.165, 1.54) is 0 Å². The van der Waals surface area contributed by atoms with Gasteiger partial charge in [-0.2, -0.15) is 0 Å². The van der Waals surface area contributed by atoms with Crippen molar-refractivity contribution in [3.63, 3.8) is 0 Å². The number of carbonyl (C=O) groups excluding carboxylic acids is 2. The molecule has 14 heavy (non-hydrogen) atoms. The fraction of sp³-hybridized carbons (Fsp3) is 0.500. The topological polar surface area (TPSA) is 64.6 Å². The molecule has 1 amide bonds. The first-order chi connectivity index (χ1) is 6.70. The van der Waals surface area contributed by atoms with Crippen LogP contribution in [-0.4, -0.2) is 37.7 Å². The van der Waals surface area contributed by atoms with E-state index in [1.54, 1.807) is 0 Å². The first kappa shape index (κ1) is 12.8. The van der Waals surface area contributed by atoms with Crippen LogP contribution in [0.1, 0.15) is 0 Å². The van der Waals surface area contributed by atoms with Gasteiger partial charge < -0.3 is 14.8 Å². The Morgan fingerprint density at radius 1 is 1.36 bits per heavy atom. The normalized spacial score (nSPS) is 8.93. The van der Waals surface area contributed by atoms with Gasteiger partial charge in [0.1, 0.15) is 13.2 Å². The van der Waals surface area contributed by atoms with Gasteiger partial charge in [-0.15, -0.1) is 11.6 Å². The van der Waals surface area contributed by atoms with Crippen LogP contribution in [0.5, 0.6) is 0 Å². The maximum atomic E-state index is 10.8. The molecule has 0 bridgehead atoms. The summed E-state index contributed by atoms with van der Waals surface area (Å²) in [7, 11) is 0. The summed E-state index contributed by atoms with van der Waals surface area (Å²) in [4.78, 5) is 21.3. The lowest BCUT2D eigenvalue weighted by Crippen LogP contribution is -2.27. The summed E-state index contributed by atoms with van der Waals surface area (Å²) in [6.07, 6.45) is 0.452. The van der Waals surface area contributed by atoms with Gasteiger partial charge in [0.2, 0.25) is 0 Å². The number of hydrogen-bond donors (Lipinski definition) is 1.